The summed E-state index contributed by atoms with van der Waals surface area (Å²) >= 11 is 6.13. The average molecular weight is 582 g/mol. The van der Waals surface area contributed by atoms with E-state index in [2.05, 4.69) is 20.6 Å². The lowest BCUT2D eigenvalue weighted by molar-refractivity contribution is 0.0578. The van der Waals surface area contributed by atoms with Crippen molar-refractivity contribution >= 4 is 46.9 Å². The van der Waals surface area contributed by atoms with Gasteiger partial charge in [-0.05, 0) is 97.0 Å². The second-order valence-electron chi connectivity index (χ2n) is 11.3. The zero-order valence-corrected chi connectivity index (χ0v) is 25.1. The van der Waals surface area contributed by atoms with Gasteiger partial charge in [0, 0.05) is 35.7 Å². The summed E-state index contributed by atoms with van der Waals surface area (Å²) in [5.74, 6) is -0.0604. The van der Waals surface area contributed by atoms with E-state index in [1.54, 1.807) is 103 Å². The Morgan fingerprint density at radius 2 is 1.51 bits per heavy atom. The molecular formula is C30H36ClN5O5. The normalized spacial score (nSPS) is 11.4. The molecule has 0 aliphatic carbocycles. The van der Waals surface area contributed by atoms with Crippen LogP contribution in [0, 0.1) is 6.92 Å². The molecule has 0 spiro atoms. The molecule has 0 saturated heterocycles. The summed E-state index contributed by atoms with van der Waals surface area (Å²) in [6.07, 6.45) is -0.763. The molecule has 0 unspecified atom stereocenters. The Bertz CT molecular complexity index is 1400. The predicted octanol–water partition coefficient (Wildman–Crippen LogP) is 7.02. The molecule has 0 fully saturated rings. The Labute approximate surface area is 245 Å². The molecule has 3 amide bonds. The van der Waals surface area contributed by atoms with Gasteiger partial charge in [0.15, 0.2) is 0 Å². The van der Waals surface area contributed by atoms with Crippen LogP contribution in [0.1, 0.15) is 63.3 Å². The third-order valence-corrected chi connectivity index (χ3v) is 5.60. The molecule has 11 heteroatoms. The number of hydrogen-bond acceptors (Lipinski definition) is 7. The van der Waals surface area contributed by atoms with Gasteiger partial charge in [-0.25, -0.2) is 19.6 Å². The standard InChI is InChI=1S/C30H36ClN5O5/c1-19-11-16-23(25(31)32-19)26(37)34-21-12-14-22(15-13-21)36(28(39)41-30(5,6)7)18-17-20-9-8-10-24(33-20)35-27(38)40-29(2,3)4/h8-16H,17-18H2,1-7H3,(H,34,37)(H,33,35,38). The third-order valence-electron chi connectivity index (χ3n) is 5.31. The number of carbonyl (C=O) groups is 3. The van der Waals surface area contributed by atoms with E-state index < -0.39 is 29.3 Å². The van der Waals surface area contributed by atoms with E-state index in [1.165, 1.54) is 4.90 Å². The lowest BCUT2D eigenvalue weighted by Gasteiger charge is -2.27. The lowest BCUT2D eigenvalue weighted by atomic mass is 10.2. The summed E-state index contributed by atoms with van der Waals surface area (Å²) < 4.78 is 10.9. The van der Waals surface area contributed by atoms with Gasteiger partial charge in [-0.2, -0.15) is 0 Å². The van der Waals surface area contributed by atoms with Gasteiger partial charge in [0.1, 0.15) is 22.2 Å². The topological polar surface area (TPSA) is 123 Å². The molecule has 218 valence electrons. The molecule has 2 heterocycles. The van der Waals surface area contributed by atoms with Crippen LogP contribution < -0.4 is 15.5 Å². The second kappa shape index (κ2) is 13.0. The van der Waals surface area contributed by atoms with Crippen LogP contribution in [0.3, 0.4) is 0 Å². The number of aryl methyl sites for hydroxylation is 1. The van der Waals surface area contributed by atoms with Crippen LogP contribution >= 0.6 is 11.6 Å². The van der Waals surface area contributed by atoms with E-state index in [1.807, 2.05) is 0 Å². The molecule has 10 nitrogen and oxygen atoms in total. The quantitative estimate of drug-likeness (QED) is 0.287. The summed E-state index contributed by atoms with van der Waals surface area (Å²) in [6.45, 7) is 12.7. The van der Waals surface area contributed by atoms with Crippen LogP contribution in [0.4, 0.5) is 26.8 Å². The number of pyridine rings is 2. The van der Waals surface area contributed by atoms with E-state index in [9.17, 15) is 14.4 Å². The summed E-state index contributed by atoms with van der Waals surface area (Å²) in [5, 5.41) is 5.54. The fraction of sp³-hybridized carbons (Fsp3) is 0.367. The number of nitrogens with one attached hydrogen (secondary N) is 2. The summed E-state index contributed by atoms with van der Waals surface area (Å²) in [6, 6.07) is 15.3. The molecule has 1 aromatic carbocycles. The monoisotopic (exact) mass is 581 g/mol. The molecule has 0 atom stereocenters. The second-order valence-corrected chi connectivity index (χ2v) is 11.7. The predicted molar refractivity (Wildman–Crippen MR) is 160 cm³/mol. The van der Waals surface area contributed by atoms with Crippen molar-refractivity contribution in [3.05, 3.63) is 76.7 Å². The highest BCUT2D eigenvalue weighted by Crippen LogP contribution is 2.23. The Morgan fingerprint density at radius 1 is 0.854 bits per heavy atom. The van der Waals surface area contributed by atoms with E-state index in [0.29, 0.717) is 35.0 Å². The number of halogens is 1. The molecule has 0 bridgehead atoms. The Balaban J connectivity index is 1.74. The highest BCUT2D eigenvalue weighted by Gasteiger charge is 2.24. The molecule has 0 aliphatic rings. The maximum absolute atomic E-state index is 13.2. The summed E-state index contributed by atoms with van der Waals surface area (Å²) in [5.41, 5.74) is 1.35. The number of carbonyl (C=O) groups excluding carboxylic acids is 3. The number of anilines is 3. The Morgan fingerprint density at radius 3 is 2.12 bits per heavy atom. The minimum Gasteiger partial charge on any atom is -0.444 e. The zero-order valence-electron chi connectivity index (χ0n) is 24.4. The fourth-order valence-electron chi connectivity index (χ4n) is 3.58. The van der Waals surface area contributed by atoms with Crippen LogP contribution in [0.25, 0.3) is 0 Å². The van der Waals surface area contributed by atoms with Crippen LogP contribution in [0.15, 0.2) is 54.6 Å². The van der Waals surface area contributed by atoms with Gasteiger partial charge in [0.05, 0.1) is 5.56 Å². The maximum atomic E-state index is 13.2. The molecular weight excluding hydrogens is 546 g/mol. The Kier molecular flexibility index (Phi) is 9.93. The highest BCUT2D eigenvalue weighted by atomic mass is 35.5. The third kappa shape index (κ3) is 10.1. The van der Waals surface area contributed by atoms with E-state index in [0.717, 1.165) is 0 Å². The van der Waals surface area contributed by atoms with Crippen LogP contribution in [0.5, 0.6) is 0 Å². The van der Waals surface area contributed by atoms with Crippen molar-refractivity contribution in [1.82, 2.24) is 9.97 Å². The SMILES string of the molecule is Cc1ccc(C(=O)Nc2ccc(N(CCc3cccc(NC(=O)OC(C)(C)C)n3)C(=O)OC(C)(C)C)cc2)c(Cl)n1. The molecule has 2 aromatic heterocycles. The van der Waals surface area contributed by atoms with Gasteiger partial charge in [-0.1, -0.05) is 17.7 Å². The maximum Gasteiger partial charge on any atom is 0.414 e. The van der Waals surface area contributed by atoms with Gasteiger partial charge in [-0.3, -0.25) is 15.0 Å². The van der Waals surface area contributed by atoms with Gasteiger partial charge < -0.3 is 14.8 Å². The van der Waals surface area contributed by atoms with Crippen molar-refractivity contribution in [2.75, 3.05) is 22.1 Å². The van der Waals surface area contributed by atoms with Crippen molar-refractivity contribution in [3.63, 3.8) is 0 Å². The Hall–Kier alpha value is -4.18. The first kappa shape index (κ1) is 31.3. The van der Waals surface area contributed by atoms with Crippen molar-refractivity contribution in [3.8, 4) is 0 Å². The first-order valence-corrected chi connectivity index (χ1v) is 13.5. The van der Waals surface area contributed by atoms with E-state index in [-0.39, 0.29) is 17.3 Å². The molecule has 0 radical (unpaired) electrons. The van der Waals surface area contributed by atoms with Crippen molar-refractivity contribution in [2.45, 2.75) is 66.1 Å². The minimum absolute atomic E-state index is 0.120. The molecule has 3 rings (SSSR count). The minimum atomic E-state index is -0.708. The number of amides is 3. The number of ether oxygens (including phenoxy) is 2. The van der Waals surface area contributed by atoms with Crippen molar-refractivity contribution < 1.29 is 23.9 Å². The van der Waals surface area contributed by atoms with Gasteiger partial charge >= 0.3 is 12.2 Å². The van der Waals surface area contributed by atoms with Crippen molar-refractivity contribution in [2.24, 2.45) is 0 Å². The van der Waals surface area contributed by atoms with Crippen LogP contribution in [0.2, 0.25) is 5.15 Å². The number of nitrogens with zero attached hydrogens (tertiary/aromatic N) is 3. The molecule has 3 aromatic rings. The van der Waals surface area contributed by atoms with Gasteiger partial charge in [-0.15, -0.1) is 0 Å². The van der Waals surface area contributed by atoms with Crippen molar-refractivity contribution in [1.29, 1.82) is 0 Å². The van der Waals surface area contributed by atoms with E-state index >= 15 is 0 Å². The number of rotatable bonds is 7. The smallest absolute Gasteiger partial charge is 0.414 e. The molecule has 0 saturated carbocycles. The zero-order chi connectivity index (χ0) is 30.4. The first-order chi connectivity index (χ1) is 19.1. The van der Waals surface area contributed by atoms with Crippen LogP contribution in [-0.2, 0) is 15.9 Å². The van der Waals surface area contributed by atoms with Gasteiger partial charge in [0.2, 0.25) is 0 Å². The fourth-order valence-corrected chi connectivity index (χ4v) is 3.87. The number of aromatic nitrogens is 2. The average Bonchev–Trinajstić information content (AvgIpc) is 2.83. The largest absolute Gasteiger partial charge is 0.444 e. The van der Waals surface area contributed by atoms with Crippen LogP contribution in [-0.4, -0.2) is 45.8 Å². The number of benzene rings is 1. The molecule has 41 heavy (non-hydrogen) atoms. The lowest BCUT2D eigenvalue weighted by Crippen LogP contribution is -2.38. The number of hydrogen-bond donors (Lipinski definition) is 2. The molecule has 2 N–H and O–H groups in total. The van der Waals surface area contributed by atoms with E-state index in [4.69, 9.17) is 21.1 Å². The first-order valence-electron chi connectivity index (χ1n) is 13.1. The molecule has 0 aliphatic heterocycles. The highest BCUT2D eigenvalue weighted by molar-refractivity contribution is 6.33. The summed E-state index contributed by atoms with van der Waals surface area (Å²) in [4.78, 5) is 48.1. The summed E-state index contributed by atoms with van der Waals surface area (Å²) in [7, 11) is 0. The van der Waals surface area contributed by atoms with Gasteiger partial charge in [0.25, 0.3) is 5.91 Å².